The molecule has 1 aliphatic heterocycles. The van der Waals surface area contributed by atoms with Crippen LogP contribution in [0.5, 0.6) is 0 Å². The molecule has 0 fully saturated rings. The molecule has 0 saturated carbocycles. The highest BCUT2D eigenvalue weighted by atomic mass is 16.1. The van der Waals surface area contributed by atoms with Crippen molar-refractivity contribution in [3.05, 3.63) is 71.3 Å². The molecule has 1 aliphatic rings. The van der Waals surface area contributed by atoms with Gasteiger partial charge in [0, 0.05) is 12.1 Å². The van der Waals surface area contributed by atoms with E-state index in [0.29, 0.717) is 5.56 Å². The lowest BCUT2D eigenvalue weighted by atomic mass is 10.0. The first kappa shape index (κ1) is 13.3. The first-order chi connectivity index (χ1) is 9.27. The predicted molar refractivity (Wildman–Crippen MR) is 76.8 cm³/mol. The molecule has 2 aromatic rings. The van der Waals surface area contributed by atoms with Gasteiger partial charge in [0.15, 0.2) is 0 Å². The lowest BCUT2D eigenvalue weighted by molar-refractivity contribution is 0.100. The summed E-state index contributed by atoms with van der Waals surface area (Å²) in [6.07, 6.45) is 1.19. The third-order valence-corrected chi connectivity index (χ3v) is 3.06. The summed E-state index contributed by atoms with van der Waals surface area (Å²) in [6.45, 7) is 2.19. The maximum absolute atomic E-state index is 10.4. The van der Waals surface area contributed by atoms with Gasteiger partial charge in [-0.25, -0.2) is 0 Å². The summed E-state index contributed by atoms with van der Waals surface area (Å²) in [5.41, 5.74) is 8.51. The Balaban J connectivity index is 0.000000141. The van der Waals surface area contributed by atoms with E-state index in [-0.39, 0.29) is 5.91 Å². The van der Waals surface area contributed by atoms with Crippen LogP contribution >= 0.6 is 0 Å². The SMILES string of the molecule is NC(=O)c1ccccc1.c1ccc2c(c1)CCNC2. The van der Waals surface area contributed by atoms with Gasteiger partial charge < -0.3 is 11.1 Å². The molecule has 1 amide bonds. The number of carbonyl (C=O) groups excluding carboxylic acids is 1. The standard InChI is InChI=1S/C9H11N.C7H7NO/c1-2-4-9-7-10-6-5-8(9)3-1;8-7(9)6-4-2-1-3-5-6/h1-4,10H,5-7H2;1-5H,(H2,8,9). The van der Waals surface area contributed by atoms with E-state index < -0.39 is 0 Å². The van der Waals surface area contributed by atoms with Crippen molar-refractivity contribution < 1.29 is 4.79 Å². The highest BCUT2D eigenvalue weighted by Gasteiger charge is 2.05. The Morgan fingerprint density at radius 1 is 0.947 bits per heavy atom. The zero-order valence-electron chi connectivity index (χ0n) is 10.8. The molecule has 3 nitrogen and oxygen atoms in total. The third-order valence-electron chi connectivity index (χ3n) is 3.06. The number of nitrogens with two attached hydrogens (primary N) is 1. The molecule has 0 bridgehead atoms. The van der Waals surface area contributed by atoms with E-state index in [1.165, 1.54) is 17.5 Å². The predicted octanol–water partition coefficient (Wildman–Crippen LogP) is 2.12. The van der Waals surface area contributed by atoms with Crippen molar-refractivity contribution >= 4 is 5.91 Å². The van der Waals surface area contributed by atoms with E-state index >= 15 is 0 Å². The maximum atomic E-state index is 10.4. The Hall–Kier alpha value is -2.13. The quantitative estimate of drug-likeness (QED) is 0.819. The minimum atomic E-state index is -0.379. The van der Waals surface area contributed by atoms with Crippen LogP contribution in [0.25, 0.3) is 0 Å². The van der Waals surface area contributed by atoms with Gasteiger partial charge in [-0.3, -0.25) is 4.79 Å². The van der Waals surface area contributed by atoms with E-state index in [4.69, 9.17) is 5.73 Å². The number of hydrogen-bond donors (Lipinski definition) is 2. The molecule has 3 rings (SSSR count). The number of fused-ring (bicyclic) bond motifs is 1. The lowest BCUT2D eigenvalue weighted by Gasteiger charge is -2.15. The maximum Gasteiger partial charge on any atom is 0.248 e. The number of carbonyl (C=O) groups is 1. The van der Waals surface area contributed by atoms with E-state index in [9.17, 15) is 4.79 Å². The van der Waals surface area contributed by atoms with Crippen molar-refractivity contribution in [2.24, 2.45) is 5.73 Å². The zero-order valence-corrected chi connectivity index (χ0v) is 10.8. The largest absolute Gasteiger partial charge is 0.366 e. The van der Waals surface area contributed by atoms with Crippen molar-refractivity contribution in [1.82, 2.24) is 5.32 Å². The van der Waals surface area contributed by atoms with Gasteiger partial charge in [0.25, 0.3) is 0 Å². The Bertz CT molecular complexity index is 512. The first-order valence-corrected chi connectivity index (χ1v) is 6.40. The lowest BCUT2D eigenvalue weighted by Crippen LogP contribution is -2.23. The molecule has 0 atom stereocenters. The van der Waals surface area contributed by atoms with Crippen LogP contribution in [0.2, 0.25) is 0 Å². The van der Waals surface area contributed by atoms with E-state index in [0.717, 1.165) is 13.1 Å². The van der Waals surface area contributed by atoms with Crippen LogP contribution in [0.3, 0.4) is 0 Å². The fourth-order valence-corrected chi connectivity index (χ4v) is 2.02. The molecule has 0 saturated heterocycles. The third kappa shape index (κ3) is 3.93. The van der Waals surface area contributed by atoms with Crippen LogP contribution in [0.4, 0.5) is 0 Å². The van der Waals surface area contributed by atoms with Crippen LogP contribution in [-0.2, 0) is 13.0 Å². The smallest absolute Gasteiger partial charge is 0.248 e. The Labute approximate surface area is 113 Å². The number of rotatable bonds is 1. The molecule has 0 unspecified atom stereocenters. The van der Waals surface area contributed by atoms with Gasteiger partial charge in [0.2, 0.25) is 5.91 Å². The molecule has 3 heteroatoms. The van der Waals surface area contributed by atoms with Crippen molar-refractivity contribution in [2.45, 2.75) is 13.0 Å². The molecule has 0 radical (unpaired) electrons. The van der Waals surface area contributed by atoms with Gasteiger partial charge in [-0.2, -0.15) is 0 Å². The Morgan fingerprint density at radius 2 is 1.58 bits per heavy atom. The number of nitrogens with one attached hydrogen (secondary N) is 1. The summed E-state index contributed by atoms with van der Waals surface area (Å²) in [5, 5.41) is 3.34. The summed E-state index contributed by atoms with van der Waals surface area (Å²) >= 11 is 0. The fraction of sp³-hybridized carbons (Fsp3) is 0.188. The van der Waals surface area contributed by atoms with E-state index in [1.807, 2.05) is 6.07 Å². The Kier molecular flexibility index (Phi) is 4.70. The van der Waals surface area contributed by atoms with Gasteiger partial charge in [-0.15, -0.1) is 0 Å². The second-order valence-corrected chi connectivity index (χ2v) is 4.43. The number of hydrogen-bond acceptors (Lipinski definition) is 2. The number of primary amides is 1. The highest BCUT2D eigenvalue weighted by Crippen LogP contribution is 2.11. The van der Waals surface area contributed by atoms with E-state index in [2.05, 4.69) is 29.6 Å². The van der Waals surface area contributed by atoms with Crippen molar-refractivity contribution in [2.75, 3.05) is 6.54 Å². The molecule has 0 aliphatic carbocycles. The van der Waals surface area contributed by atoms with Crippen LogP contribution in [-0.4, -0.2) is 12.5 Å². The second kappa shape index (κ2) is 6.71. The van der Waals surface area contributed by atoms with Crippen LogP contribution < -0.4 is 11.1 Å². The molecule has 3 N–H and O–H groups in total. The summed E-state index contributed by atoms with van der Waals surface area (Å²) in [7, 11) is 0. The topological polar surface area (TPSA) is 55.1 Å². The monoisotopic (exact) mass is 254 g/mol. The normalized spacial score (nSPS) is 12.8. The molecule has 19 heavy (non-hydrogen) atoms. The molecule has 2 aromatic carbocycles. The summed E-state index contributed by atoms with van der Waals surface area (Å²) < 4.78 is 0. The Morgan fingerprint density at radius 3 is 2.16 bits per heavy atom. The highest BCUT2D eigenvalue weighted by molar-refractivity contribution is 5.92. The summed E-state index contributed by atoms with van der Waals surface area (Å²) in [6, 6.07) is 17.4. The van der Waals surface area contributed by atoms with Gasteiger partial charge in [0.05, 0.1) is 0 Å². The van der Waals surface area contributed by atoms with Gasteiger partial charge in [-0.1, -0.05) is 42.5 Å². The summed E-state index contributed by atoms with van der Waals surface area (Å²) in [5.74, 6) is -0.379. The van der Waals surface area contributed by atoms with Crippen LogP contribution in [0.1, 0.15) is 21.5 Å². The number of benzene rings is 2. The van der Waals surface area contributed by atoms with Gasteiger partial charge >= 0.3 is 0 Å². The molecule has 1 heterocycles. The molecule has 0 spiro atoms. The molecule has 98 valence electrons. The van der Waals surface area contributed by atoms with Crippen LogP contribution in [0, 0.1) is 0 Å². The van der Waals surface area contributed by atoms with Crippen molar-refractivity contribution in [3.63, 3.8) is 0 Å². The number of amides is 1. The molecular weight excluding hydrogens is 236 g/mol. The minimum Gasteiger partial charge on any atom is -0.366 e. The summed E-state index contributed by atoms with van der Waals surface area (Å²) in [4.78, 5) is 10.4. The van der Waals surface area contributed by atoms with Crippen molar-refractivity contribution in [1.29, 1.82) is 0 Å². The first-order valence-electron chi connectivity index (χ1n) is 6.40. The van der Waals surface area contributed by atoms with Crippen molar-refractivity contribution in [3.8, 4) is 0 Å². The second-order valence-electron chi connectivity index (χ2n) is 4.43. The fourth-order valence-electron chi connectivity index (χ4n) is 2.02. The zero-order chi connectivity index (χ0) is 13.5. The molecular formula is C16H18N2O. The minimum absolute atomic E-state index is 0.379. The van der Waals surface area contributed by atoms with Gasteiger partial charge in [0.1, 0.15) is 0 Å². The van der Waals surface area contributed by atoms with E-state index in [1.54, 1.807) is 24.3 Å². The average molecular weight is 254 g/mol. The average Bonchev–Trinajstić information content (AvgIpc) is 2.49. The van der Waals surface area contributed by atoms with Gasteiger partial charge in [-0.05, 0) is 36.2 Å². The van der Waals surface area contributed by atoms with Crippen LogP contribution in [0.15, 0.2) is 54.6 Å². The molecule has 0 aromatic heterocycles.